The molecule has 1 unspecified atom stereocenters. The van der Waals surface area contributed by atoms with Gasteiger partial charge in [0.25, 0.3) is 0 Å². The van der Waals surface area contributed by atoms with Gasteiger partial charge >= 0.3 is 0 Å². The van der Waals surface area contributed by atoms with E-state index in [1.54, 1.807) is 0 Å². The van der Waals surface area contributed by atoms with Gasteiger partial charge in [0.15, 0.2) is 0 Å². The van der Waals surface area contributed by atoms with Crippen molar-refractivity contribution >= 4 is 5.91 Å². The van der Waals surface area contributed by atoms with Crippen molar-refractivity contribution in [1.82, 2.24) is 20.4 Å². The molecular formula is C20H32N4O. The maximum absolute atomic E-state index is 12.0. The fraction of sp³-hybridized carbons (Fsp3) is 0.650. The number of rotatable bonds is 7. The summed E-state index contributed by atoms with van der Waals surface area (Å²) in [5.74, 6) is 0.855. The van der Waals surface area contributed by atoms with E-state index in [9.17, 15) is 4.79 Å². The van der Waals surface area contributed by atoms with E-state index in [-0.39, 0.29) is 5.91 Å². The molecule has 0 saturated carbocycles. The molecule has 138 valence electrons. The van der Waals surface area contributed by atoms with Crippen LogP contribution < -0.4 is 10.6 Å². The normalized spacial score (nSPS) is 22.2. The lowest BCUT2D eigenvalue weighted by Gasteiger charge is -2.32. The van der Waals surface area contributed by atoms with Crippen LogP contribution in [0.4, 0.5) is 0 Å². The third-order valence-corrected chi connectivity index (χ3v) is 5.46. The Balaban J connectivity index is 1.36. The van der Waals surface area contributed by atoms with Crippen molar-refractivity contribution in [3.63, 3.8) is 0 Å². The lowest BCUT2D eigenvalue weighted by Crippen LogP contribution is -2.43. The van der Waals surface area contributed by atoms with Crippen molar-refractivity contribution in [3.8, 4) is 0 Å². The third-order valence-electron chi connectivity index (χ3n) is 5.46. The third kappa shape index (κ3) is 6.10. The summed E-state index contributed by atoms with van der Waals surface area (Å²) in [6, 6.07) is 8.69. The first kappa shape index (κ1) is 18.4. The number of carbonyl (C=O) groups is 1. The lowest BCUT2D eigenvalue weighted by atomic mass is 10.0. The molecule has 1 aromatic carbocycles. The summed E-state index contributed by atoms with van der Waals surface area (Å²) in [7, 11) is 2.19. The Bertz CT molecular complexity index is 531. The van der Waals surface area contributed by atoms with Crippen molar-refractivity contribution in [3.05, 3.63) is 35.4 Å². The first-order valence-electron chi connectivity index (χ1n) is 9.65. The van der Waals surface area contributed by atoms with Crippen LogP contribution in [-0.2, 0) is 17.9 Å². The molecule has 5 heteroatoms. The van der Waals surface area contributed by atoms with Gasteiger partial charge in [-0.1, -0.05) is 24.3 Å². The molecule has 0 bridgehead atoms. The van der Waals surface area contributed by atoms with E-state index in [1.165, 1.54) is 17.5 Å². The van der Waals surface area contributed by atoms with Crippen molar-refractivity contribution in [2.75, 3.05) is 46.3 Å². The van der Waals surface area contributed by atoms with Crippen LogP contribution in [-0.4, -0.2) is 62.0 Å². The van der Waals surface area contributed by atoms with Crippen molar-refractivity contribution in [1.29, 1.82) is 0 Å². The maximum Gasteiger partial charge on any atom is 0.220 e. The zero-order valence-corrected chi connectivity index (χ0v) is 15.5. The van der Waals surface area contributed by atoms with E-state index < -0.39 is 0 Å². The number of nitrogens with zero attached hydrogens (tertiary/aromatic N) is 2. The molecule has 2 heterocycles. The highest BCUT2D eigenvalue weighted by molar-refractivity contribution is 5.75. The highest BCUT2D eigenvalue weighted by atomic mass is 16.1. The quantitative estimate of drug-likeness (QED) is 0.786. The van der Waals surface area contributed by atoms with E-state index in [1.807, 2.05) is 0 Å². The van der Waals surface area contributed by atoms with Gasteiger partial charge in [-0.3, -0.25) is 9.69 Å². The van der Waals surface area contributed by atoms with Crippen LogP contribution >= 0.6 is 0 Å². The van der Waals surface area contributed by atoms with Crippen LogP contribution in [0.5, 0.6) is 0 Å². The summed E-state index contributed by atoms with van der Waals surface area (Å²) in [5.41, 5.74) is 2.53. The minimum absolute atomic E-state index is 0.174. The highest BCUT2D eigenvalue weighted by Gasteiger charge is 2.16. The van der Waals surface area contributed by atoms with Gasteiger partial charge in [0.2, 0.25) is 5.91 Å². The van der Waals surface area contributed by atoms with Crippen molar-refractivity contribution in [2.24, 2.45) is 5.92 Å². The standard InChI is InChI=1S/C20H32N4O/c1-23-10-12-24(13-11-23)16-19-4-2-17(3-5-19)15-22-20(25)7-6-18-8-9-21-14-18/h2-5,18,21H,6-16H2,1H3,(H,22,25). The van der Waals surface area contributed by atoms with E-state index in [0.29, 0.717) is 18.9 Å². The van der Waals surface area contributed by atoms with Gasteiger partial charge in [-0.15, -0.1) is 0 Å². The number of likely N-dealkylation sites (N-methyl/N-ethyl adjacent to an activating group) is 1. The van der Waals surface area contributed by atoms with Gasteiger partial charge in [-0.25, -0.2) is 0 Å². The summed E-state index contributed by atoms with van der Waals surface area (Å²) in [6.45, 7) is 8.43. The van der Waals surface area contributed by atoms with Crippen LogP contribution in [0.2, 0.25) is 0 Å². The summed E-state index contributed by atoms with van der Waals surface area (Å²) in [6.07, 6.45) is 2.86. The predicted molar refractivity (Wildman–Crippen MR) is 101 cm³/mol. The SMILES string of the molecule is CN1CCN(Cc2ccc(CNC(=O)CCC3CCNC3)cc2)CC1. The number of benzene rings is 1. The number of hydrogen-bond donors (Lipinski definition) is 2. The molecule has 25 heavy (non-hydrogen) atoms. The Morgan fingerprint density at radius 2 is 1.88 bits per heavy atom. The molecule has 0 aliphatic carbocycles. The Hall–Kier alpha value is -1.43. The second-order valence-corrected chi connectivity index (χ2v) is 7.57. The van der Waals surface area contributed by atoms with Gasteiger partial charge in [0, 0.05) is 45.7 Å². The molecule has 2 fully saturated rings. The number of hydrogen-bond acceptors (Lipinski definition) is 4. The molecule has 2 N–H and O–H groups in total. The Morgan fingerprint density at radius 1 is 1.16 bits per heavy atom. The molecule has 2 saturated heterocycles. The van der Waals surface area contributed by atoms with Crippen molar-refractivity contribution in [2.45, 2.75) is 32.4 Å². The highest BCUT2D eigenvalue weighted by Crippen LogP contribution is 2.14. The van der Waals surface area contributed by atoms with E-state index in [0.717, 1.165) is 52.2 Å². The number of carbonyl (C=O) groups excluding carboxylic acids is 1. The smallest absolute Gasteiger partial charge is 0.220 e. The second-order valence-electron chi connectivity index (χ2n) is 7.57. The van der Waals surface area contributed by atoms with Crippen LogP contribution in [0.15, 0.2) is 24.3 Å². The summed E-state index contributed by atoms with van der Waals surface area (Å²) < 4.78 is 0. The predicted octanol–water partition coefficient (Wildman–Crippen LogP) is 1.44. The second kappa shape index (κ2) is 9.32. The average Bonchev–Trinajstić information content (AvgIpc) is 3.15. The van der Waals surface area contributed by atoms with Gasteiger partial charge in [-0.05, 0) is 50.0 Å². The molecule has 3 rings (SSSR count). The lowest BCUT2D eigenvalue weighted by molar-refractivity contribution is -0.121. The summed E-state index contributed by atoms with van der Waals surface area (Å²) >= 11 is 0. The first-order chi connectivity index (χ1) is 12.2. The topological polar surface area (TPSA) is 47.6 Å². The molecule has 1 aromatic rings. The monoisotopic (exact) mass is 344 g/mol. The zero-order chi connectivity index (χ0) is 17.5. The average molecular weight is 345 g/mol. The van der Waals surface area contributed by atoms with E-state index >= 15 is 0 Å². The molecule has 0 radical (unpaired) electrons. The van der Waals surface area contributed by atoms with Crippen LogP contribution in [0, 0.1) is 5.92 Å². The number of nitrogens with one attached hydrogen (secondary N) is 2. The van der Waals surface area contributed by atoms with Gasteiger partial charge in [-0.2, -0.15) is 0 Å². The zero-order valence-electron chi connectivity index (χ0n) is 15.5. The minimum Gasteiger partial charge on any atom is -0.352 e. The van der Waals surface area contributed by atoms with E-state index in [4.69, 9.17) is 0 Å². The fourth-order valence-corrected chi connectivity index (χ4v) is 3.61. The number of piperazine rings is 1. The summed E-state index contributed by atoms with van der Waals surface area (Å²) in [4.78, 5) is 16.9. The van der Waals surface area contributed by atoms with Gasteiger partial charge in [0.05, 0.1) is 0 Å². The molecule has 0 spiro atoms. The van der Waals surface area contributed by atoms with Crippen LogP contribution in [0.1, 0.15) is 30.4 Å². The maximum atomic E-state index is 12.0. The molecule has 0 aromatic heterocycles. The van der Waals surface area contributed by atoms with Gasteiger partial charge < -0.3 is 15.5 Å². The van der Waals surface area contributed by atoms with Crippen LogP contribution in [0.3, 0.4) is 0 Å². The number of amides is 1. The van der Waals surface area contributed by atoms with Crippen molar-refractivity contribution < 1.29 is 4.79 Å². The fourth-order valence-electron chi connectivity index (χ4n) is 3.61. The molecule has 1 atom stereocenters. The molecular weight excluding hydrogens is 312 g/mol. The first-order valence-corrected chi connectivity index (χ1v) is 9.65. The molecule has 5 nitrogen and oxygen atoms in total. The van der Waals surface area contributed by atoms with Gasteiger partial charge in [0.1, 0.15) is 0 Å². The molecule has 2 aliphatic rings. The Labute approximate surface area is 151 Å². The van der Waals surface area contributed by atoms with Crippen LogP contribution in [0.25, 0.3) is 0 Å². The minimum atomic E-state index is 0.174. The molecule has 1 amide bonds. The summed E-state index contributed by atoms with van der Waals surface area (Å²) in [5, 5.41) is 6.41. The Kier molecular flexibility index (Phi) is 6.84. The molecule has 2 aliphatic heterocycles. The Morgan fingerprint density at radius 3 is 2.56 bits per heavy atom. The largest absolute Gasteiger partial charge is 0.352 e. The van der Waals surface area contributed by atoms with E-state index in [2.05, 4.69) is 51.7 Å².